The molecule has 5 nitrogen and oxygen atoms in total. The largest absolute Gasteiger partial charge is 0.343 e. The normalized spacial score (nSPS) is 22.6. The van der Waals surface area contributed by atoms with Crippen LogP contribution in [0.1, 0.15) is 38.3 Å². The van der Waals surface area contributed by atoms with Crippen molar-refractivity contribution in [2.24, 2.45) is 5.92 Å². The van der Waals surface area contributed by atoms with Crippen molar-refractivity contribution in [3.05, 3.63) is 29.6 Å². The van der Waals surface area contributed by atoms with E-state index in [2.05, 4.69) is 24.1 Å². The Morgan fingerprint density at radius 1 is 1.38 bits per heavy atom. The number of nitrogens with zero attached hydrogens (tertiary/aromatic N) is 2. The van der Waals surface area contributed by atoms with Crippen LogP contribution in [0.2, 0.25) is 0 Å². The van der Waals surface area contributed by atoms with Gasteiger partial charge in [-0.25, -0.2) is 0 Å². The summed E-state index contributed by atoms with van der Waals surface area (Å²) < 4.78 is 0. The number of aromatic nitrogens is 1. The van der Waals surface area contributed by atoms with Crippen LogP contribution in [-0.2, 0) is 16.1 Å². The maximum absolute atomic E-state index is 12.6. The lowest BCUT2D eigenvalue weighted by atomic mass is 9.98. The fourth-order valence-electron chi connectivity index (χ4n) is 2.60. The number of pyridine rings is 1. The van der Waals surface area contributed by atoms with Crippen LogP contribution in [0.5, 0.6) is 0 Å². The maximum Gasteiger partial charge on any atom is 0.246 e. The summed E-state index contributed by atoms with van der Waals surface area (Å²) in [6, 6.07) is 1.06. The third kappa shape index (κ3) is 3.40. The standard InChI is InChI=1S/C16H23N3O2/c1-10(2)7-14-16(21)19(12(4)15(20)18-14)9-13-5-6-17-8-11(13)3/h5-6,8,10,12,14H,7,9H2,1-4H3,(H,18,20). The highest BCUT2D eigenvalue weighted by Gasteiger charge is 2.38. The first-order valence-corrected chi connectivity index (χ1v) is 7.40. The number of hydrogen-bond acceptors (Lipinski definition) is 3. The minimum Gasteiger partial charge on any atom is -0.343 e. The van der Waals surface area contributed by atoms with Gasteiger partial charge >= 0.3 is 0 Å². The summed E-state index contributed by atoms with van der Waals surface area (Å²) in [5.41, 5.74) is 2.06. The SMILES string of the molecule is Cc1cnccc1CN1C(=O)C(CC(C)C)NC(=O)C1C. The van der Waals surface area contributed by atoms with E-state index in [4.69, 9.17) is 0 Å². The number of aryl methyl sites for hydroxylation is 1. The van der Waals surface area contributed by atoms with Crippen LogP contribution in [0.15, 0.2) is 18.5 Å². The Bertz CT molecular complexity index is 542. The molecular weight excluding hydrogens is 266 g/mol. The summed E-state index contributed by atoms with van der Waals surface area (Å²) in [7, 11) is 0. The Balaban J connectivity index is 2.21. The summed E-state index contributed by atoms with van der Waals surface area (Å²) >= 11 is 0. The molecule has 0 radical (unpaired) electrons. The molecule has 0 aromatic carbocycles. The molecule has 2 rings (SSSR count). The molecule has 5 heteroatoms. The van der Waals surface area contributed by atoms with Gasteiger partial charge in [0.1, 0.15) is 12.1 Å². The first kappa shape index (κ1) is 15.5. The van der Waals surface area contributed by atoms with Gasteiger partial charge in [0.05, 0.1) is 0 Å². The van der Waals surface area contributed by atoms with Gasteiger partial charge in [-0.1, -0.05) is 13.8 Å². The number of hydrogen-bond donors (Lipinski definition) is 1. The van der Waals surface area contributed by atoms with Crippen molar-refractivity contribution in [2.45, 2.75) is 52.7 Å². The van der Waals surface area contributed by atoms with E-state index in [1.165, 1.54) is 0 Å². The number of carbonyl (C=O) groups is 2. The van der Waals surface area contributed by atoms with Gasteiger partial charge in [-0.3, -0.25) is 14.6 Å². The lowest BCUT2D eigenvalue weighted by Gasteiger charge is -2.38. The predicted octanol–water partition coefficient (Wildman–Crippen LogP) is 1.65. The van der Waals surface area contributed by atoms with E-state index in [-0.39, 0.29) is 11.8 Å². The number of piperazine rings is 1. The average molecular weight is 289 g/mol. The van der Waals surface area contributed by atoms with Crippen LogP contribution in [0.3, 0.4) is 0 Å². The molecule has 2 amide bonds. The van der Waals surface area contributed by atoms with Crippen LogP contribution in [0.25, 0.3) is 0 Å². The zero-order valence-corrected chi connectivity index (χ0v) is 13.1. The van der Waals surface area contributed by atoms with E-state index in [0.29, 0.717) is 18.9 Å². The molecule has 1 fully saturated rings. The molecule has 0 bridgehead atoms. The van der Waals surface area contributed by atoms with Crippen LogP contribution in [-0.4, -0.2) is 33.8 Å². The molecular formula is C16H23N3O2. The first-order valence-electron chi connectivity index (χ1n) is 7.40. The van der Waals surface area contributed by atoms with Gasteiger partial charge in [-0.15, -0.1) is 0 Å². The van der Waals surface area contributed by atoms with Crippen LogP contribution >= 0.6 is 0 Å². The Morgan fingerprint density at radius 3 is 2.71 bits per heavy atom. The molecule has 114 valence electrons. The van der Waals surface area contributed by atoms with Gasteiger partial charge < -0.3 is 10.2 Å². The Kier molecular flexibility index (Phi) is 4.60. The molecule has 2 atom stereocenters. The molecule has 2 unspecified atom stereocenters. The highest BCUT2D eigenvalue weighted by Crippen LogP contribution is 2.19. The molecule has 1 saturated heterocycles. The fourth-order valence-corrected chi connectivity index (χ4v) is 2.60. The minimum atomic E-state index is -0.437. The highest BCUT2D eigenvalue weighted by atomic mass is 16.2. The molecule has 1 aliphatic rings. The topological polar surface area (TPSA) is 62.3 Å². The molecule has 0 aliphatic carbocycles. The fraction of sp³-hybridized carbons (Fsp3) is 0.562. The van der Waals surface area contributed by atoms with Crippen molar-refractivity contribution >= 4 is 11.8 Å². The number of nitrogens with one attached hydrogen (secondary N) is 1. The van der Waals surface area contributed by atoms with Gasteiger partial charge in [0, 0.05) is 18.9 Å². The summed E-state index contributed by atoms with van der Waals surface area (Å²) in [6.45, 7) is 8.29. The maximum atomic E-state index is 12.6. The van der Waals surface area contributed by atoms with Crippen molar-refractivity contribution in [1.29, 1.82) is 0 Å². The zero-order chi connectivity index (χ0) is 15.6. The van der Waals surface area contributed by atoms with Gasteiger partial charge in [-0.2, -0.15) is 0 Å². The Morgan fingerprint density at radius 2 is 2.10 bits per heavy atom. The monoisotopic (exact) mass is 289 g/mol. The summed E-state index contributed by atoms with van der Waals surface area (Å²) in [5.74, 6) is 0.288. The molecule has 1 aromatic rings. The van der Waals surface area contributed by atoms with Crippen LogP contribution in [0.4, 0.5) is 0 Å². The number of amides is 2. The first-order chi connectivity index (χ1) is 9.90. The van der Waals surface area contributed by atoms with Gasteiger partial charge in [0.25, 0.3) is 0 Å². The van der Waals surface area contributed by atoms with Crippen molar-refractivity contribution in [1.82, 2.24) is 15.2 Å². The summed E-state index contributed by atoms with van der Waals surface area (Å²) in [6.07, 6.45) is 4.16. The smallest absolute Gasteiger partial charge is 0.246 e. The average Bonchev–Trinajstić information content (AvgIpc) is 2.42. The molecule has 1 aliphatic heterocycles. The van der Waals surface area contributed by atoms with E-state index in [1.807, 2.05) is 13.0 Å². The number of rotatable bonds is 4. The van der Waals surface area contributed by atoms with E-state index < -0.39 is 12.1 Å². The van der Waals surface area contributed by atoms with Gasteiger partial charge in [-0.05, 0) is 43.4 Å². The number of carbonyl (C=O) groups excluding carboxylic acids is 2. The minimum absolute atomic E-state index is 0.00649. The summed E-state index contributed by atoms with van der Waals surface area (Å²) in [4.78, 5) is 30.5. The van der Waals surface area contributed by atoms with Crippen LogP contribution in [0, 0.1) is 12.8 Å². The van der Waals surface area contributed by atoms with E-state index in [9.17, 15) is 9.59 Å². The van der Waals surface area contributed by atoms with Crippen molar-refractivity contribution < 1.29 is 9.59 Å². The quantitative estimate of drug-likeness (QED) is 0.917. The molecule has 0 saturated carbocycles. The van der Waals surface area contributed by atoms with E-state index in [1.54, 1.807) is 24.2 Å². The second-order valence-corrected chi connectivity index (χ2v) is 6.13. The second kappa shape index (κ2) is 6.24. The van der Waals surface area contributed by atoms with Gasteiger partial charge in [0.15, 0.2) is 0 Å². The molecule has 1 N–H and O–H groups in total. The van der Waals surface area contributed by atoms with Crippen molar-refractivity contribution in [3.63, 3.8) is 0 Å². The summed E-state index contributed by atoms with van der Waals surface area (Å²) in [5, 5.41) is 2.84. The molecule has 21 heavy (non-hydrogen) atoms. The lowest BCUT2D eigenvalue weighted by molar-refractivity contribution is -0.149. The highest BCUT2D eigenvalue weighted by molar-refractivity contribution is 5.96. The predicted molar refractivity (Wildman–Crippen MR) is 80.4 cm³/mol. The molecule has 1 aromatic heterocycles. The van der Waals surface area contributed by atoms with E-state index >= 15 is 0 Å². The third-order valence-corrected chi connectivity index (χ3v) is 3.93. The second-order valence-electron chi connectivity index (χ2n) is 6.13. The third-order valence-electron chi connectivity index (χ3n) is 3.93. The van der Waals surface area contributed by atoms with Crippen LogP contribution < -0.4 is 5.32 Å². The van der Waals surface area contributed by atoms with E-state index in [0.717, 1.165) is 11.1 Å². The Labute approximate surface area is 125 Å². The van der Waals surface area contributed by atoms with Gasteiger partial charge in [0.2, 0.25) is 11.8 Å². The Hall–Kier alpha value is -1.91. The lowest BCUT2D eigenvalue weighted by Crippen LogP contribution is -2.62. The molecule has 0 spiro atoms. The van der Waals surface area contributed by atoms with Crippen molar-refractivity contribution in [3.8, 4) is 0 Å². The van der Waals surface area contributed by atoms with Crippen molar-refractivity contribution in [2.75, 3.05) is 0 Å². The molecule has 2 heterocycles. The zero-order valence-electron chi connectivity index (χ0n) is 13.1.